The molecule has 3 nitrogen and oxygen atoms in total. The van der Waals surface area contributed by atoms with Crippen LogP contribution in [0.3, 0.4) is 0 Å². The molecule has 0 aliphatic carbocycles. The number of nitrogens with zero attached hydrogens (tertiary/aromatic N) is 2. The first-order valence-electron chi connectivity index (χ1n) is 4.70. The highest BCUT2D eigenvalue weighted by atomic mass is 19.1. The van der Waals surface area contributed by atoms with Crippen LogP contribution in [-0.4, -0.2) is 13.6 Å². The molecule has 0 amide bonds. The summed E-state index contributed by atoms with van der Waals surface area (Å²) < 4.78 is 13.5. The summed E-state index contributed by atoms with van der Waals surface area (Å²) in [4.78, 5) is 1.71. The number of hydrogen-bond acceptors (Lipinski definition) is 3. The van der Waals surface area contributed by atoms with Crippen molar-refractivity contribution in [2.24, 2.45) is 5.92 Å². The molecule has 0 fully saturated rings. The smallest absolute Gasteiger partial charge is 0.148 e. The zero-order chi connectivity index (χ0) is 11.4. The Morgan fingerprint density at radius 3 is 2.80 bits per heavy atom. The molecule has 80 valence electrons. The summed E-state index contributed by atoms with van der Waals surface area (Å²) in [5.74, 6) is -0.491. The van der Waals surface area contributed by atoms with Crippen LogP contribution in [0, 0.1) is 23.1 Å². The molecule has 1 rings (SSSR count). The van der Waals surface area contributed by atoms with E-state index < -0.39 is 0 Å². The van der Waals surface area contributed by atoms with Gasteiger partial charge >= 0.3 is 0 Å². The van der Waals surface area contributed by atoms with Gasteiger partial charge in [0.1, 0.15) is 5.82 Å². The fourth-order valence-electron chi connectivity index (χ4n) is 1.38. The third-order valence-corrected chi connectivity index (χ3v) is 2.15. The summed E-state index contributed by atoms with van der Waals surface area (Å²) in [7, 11) is 1.75. The molecule has 0 aromatic heterocycles. The largest absolute Gasteiger partial charge is 0.399 e. The van der Waals surface area contributed by atoms with Crippen molar-refractivity contribution in [1.29, 1.82) is 5.26 Å². The van der Waals surface area contributed by atoms with Crippen molar-refractivity contribution in [3.05, 3.63) is 24.0 Å². The minimum atomic E-state index is -0.359. The predicted molar refractivity (Wildman–Crippen MR) is 58.9 cm³/mol. The van der Waals surface area contributed by atoms with Gasteiger partial charge in [0.05, 0.1) is 17.7 Å². The zero-order valence-electron chi connectivity index (χ0n) is 8.87. The van der Waals surface area contributed by atoms with Gasteiger partial charge in [-0.1, -0.05) is 0 Å². The van der Waals surface area contributed by atoms with E-state index in [1.807, 2.05) is 0 Å². The molecule has 1 aromatic rings. The van der Waals surface area contributed by atoms with Crippen molar-refractivity contribution in [3.63, 3.8) is 0 Å². The van der Waals surface area contributed by atoms with Crippen molar-refractivity contribution in [3.8, 4) is 6.07 Å². The number of halogens is 1. The van der Waals surface area contributed by atoms with Crippen LogP contribution in [0.5, 0.6) is 0 Å². The maximum atomic E-state index is 13.5. The van der Waals surface area contributed by atoms with E-state index in [4.69, 9.17) is 11.0 Å². The molecule has 0 heterocycles. The van der Waals surface area contributed by atoms with Gasteiger partial charge in [0.25, 0.3) is 0 Å². The normalized spacial score (nSPS) is 11.9. The van der Waals surface area contributed by atoms with Gasteiger partial charge in [-0.25, -0.2) is 4.39 Å². The van der Waals surface area contributed by atoms with E-state index in [9.17, 15) is 4.39 Å². The lowest BCUT2D eigenvalue weighted by atomic mass is 10.2. The van der Waals surface area contributed by atoms with E-state index >= 15 is 0 Å². The highest BCUT2D eigenvalue weighted by Crippen LogP contribution is 2.20. The Balaban J connectivity index is 2.83. The van der Waals surface area contributed by atoms with E-state index in [-0.39, 0.29) is 11.7 Å². The molecule has 2 N–H and O–H groups in total. The Kier molecular flexibility index (Phi) is 3.51. The lowest BCUT2D eigenvalue weighted by Gasteiger charge is -2.21. The van der Waals surface area contributed by atoms with Gasteiger partial charge in [-0.05, 0) is 25.1 Å². The molecule has 1 aromatic carbocycles. The van der Waals surface area contributed by atoms with E-state index in [0.29, 0.717) is 17.9 Å². The molecule has 0 saturated carbocycles. The maximum Gasteiger partial charge on any atom is 0.148 e. The van der Waals surface area contributed by atoms with Crippen molar-refractivity contribution in [2.75, 3.05) is 24.2 Å². The van der Waals surface area contributed by atoms with E-state index in [2.05, 4.69) is 6.07 Å². The van der Waals surface area contributed by atoms with Crippen LogP contribution in [0.4, 0.5) is 15.8 Å². The SMILES string of the molecule is CC(C#N)CN(C)c1ccc(N)cc1F. The lowest BCUT2D eigenvalue weighted by Crippen LogP contribution is -2.24. The van der Waals surface area contributed by atoms with E-state index in [1.165, 1.54) is 6.07 Å². The summed E-state index contributed by atoms with van der Waals surface area (Å²) in [5, 5.41) is 8.65. The number of nitriles is 1. The first-order valence-corrected chi connectivity index (χ1v) is 4.70. The summed E-state index contributed by atoms with van der Waals surface area (Å²) >= 11 is 0. The Hall–Kier alpha value is -1.76. The second kappa shape index (κ2) is 4.65. The molecule has 1 unspecified atom stereocenters. The van der Waals surface area contributed by atoms with Gasteiger partial charge in [-0.3, -0.25) is 0 Å². The molecule has 0 aliphatic heterocycles. The average Bonchev–Trinajstić information content (AvgIpc) is 2.17. The van der Waals surface area contributed by atoms with Crippen molar-refractivity contribution < 1.29 is 4.39 Å². The number of anilines is 2. The third kappa shape index (κ3) is 2.84. The molecule has 0 spiro atoms. The topological polar surface area (TPSA) is 53.0 Å². The summed E-state index contributed by atoms with van der Waals surface area (Å²) in [6, 6.07) is 6.65. The zero-order valence-corrected chi connectivity index (χ0v) is 8.87. The first-order chi connectivity index (χ1) is 7.04. The minimum absolute atomic E-state index is 0.132. The van der Waals surface area contributed by atoms with Crippen LogP contribution >= 0.6 is 0 Å². The quantitative estimate of drug-likeness (QED) is 0.771. The van der Waals surface area contributed by atoms with Crippen LogP contribution in [0.25, 0.3) is 0 Å². The van der Waals surface area contributed by atoms with E-state index in [1.54, 1.807) is 31.0 Å². The van der Waals surface area contributed by atoms with Gasteiger partial charge in [-0.15, -0.1) is 0 Å². The van der Waals surface area contributed by atoms with Crippen LogP contribution in [0.15, 0.2) is 18.2 Å². The Labute approximate surface area is 88.9 Å². The highest BCUT2D eigenvalue weighted by Gasteiger charge is 2.10. The number of nitrogen functional groups attached to an aromatic ring is 1. The molecule has 15 heavy (non-hydrogen) atoms. The van der Waals surface area contributed by atoms with Crippen LogP contribution < -0.4 is 10.6 Å². The fraction of sp³-hybridized carbons (Fsp3) is 0.364. The summed E-state index contributed by atoms with van der Waals surface area (Å²) in [6.45, 7) is 2.29. The number of rotatable bonds is 3. The van der Waals surface area contributed by atoms with Crippen molar-refractivity contribution >= 4 is 11.4 Å². The number of benzene rings is 1. The summed E-state index contributed by atoms with van der Waals surface area (Å²) in [5.41, 5.74) is 6.31. The van der Waals surface area contributed by atoms with Gasteiger partial charge in [-0.2, -0.15) is 5.26 Å². The standard InChI is InChI=1S/C11H14FN3/c1-8(6-13)7-15(2)11-4-3-9(14)5-10(11)12/h3-5,8H,7,14H2,1-2H3. The van der Waals surface area contributed by atoms with Gasteiger partial charge < -0.3 is 10.6 Å². The van der Waals surface area contributed by atoms with E-state index in [0.717, 1.165) is 0 Å². The molecule has 4 heteroatoms. The number of hydrogen-bond donors (Lipinski definition) is 1. The molecule has 0 aliphatic rings. The monoisotopic (exact) mass is 207 g/mol. The maximum absolute atomic E-state index is 13.5. The fourth-order valence-corrected chi connectivity index (χ4v) is 1.38. The number of nitrogens with two attached hydrogens (primary N) is 1. The Morgan fingerprint density at radius 1 is 1.60 bits per heavy atom. The second-order valence-corrected chi connectivity index (χ2v) is 3.62. The van der Waals surface area contributed by atoms with Crippen LogP contribution in [0.1, 0.15) is 6.92 Å². The van der Waals surface area contributed by atoms with Crippen molar-refractivity contribution in [1.82, 2.24) is 0 Å². The summed E-state index contributed by atoms with van der Waals surface area (Å²) in [6.07, 6.45) is 0. The average molecular weight is 207 g/mol. The highest BCUT2D eigenvalue weighted by molar-refractivity contribution is 5.54. The Morgan fingerprint density at radius 2 is 2.27 bits per heavy atom. The first kappa shape index (κ1) is 11.3. The molecule has 1 atom stereocenters. The van der Waals surface area contributed by atoms with Gasteiger partial charge in [0.2, 0.25) is 0 Å². The molecule has 0 radical (unpaired) electrons. The Bertz CT molecular complexity index is 384. The van der Waals surface area contributed by atoms with Gasteiger partial charge in [0, 0.05) is 19.3 Å². The second-order valence-electron chi connectivity index (χ2n) is 3.62. The third-order valence-electron chi connectivity index (χ3n) is 2.15. The molecule has 0 saturated heterocycles. The molecular weight excluding hydrogens is 193 g/mol. The lowest BCUT2D eigenvalue weighted by molar-refractivity contribution is 0.616. The predicted octanol–water partition coefficient (Wildman–Crippen LogP) is 2.00. The molecular formula is C11H14FN3. The molecule has 0 bridgehead atoms. The van der Waals surface area contributed by atoms with Gasteiger partial charge in [0.15, 0.2) is 0 Å². The van der Waals surface area contributed by atoms with Crippen LogP contribution in [-0.2, 0) is 0 Å². The minimum Gasteiger partial charge on any atom is -0.399 e. The van der Waals surface area contributed by atoms with Crippen molar-refractivity contribution in [2.45, 2.75) is 6.92 Å². The van der Waals surface area contributed by atoms with Crippen LogP contribution in [0.2, 0.25) is 0 Å².